The van der Waals surface area contributed by atoms with E-state index >= 15 is 0 Å². The van der Waals surface area contributed by atoms with Gasteiger partial charge >= 0.3 is 0 Å². The number of likely N-dealkylation sites (tertiary alicyclic amines) is 2. The van der Waals surface area contributed by atoms with Crippen LogP contribution in [0.1, 0.15) is 41.8 Å². The first-order valence-electron chi connectivity index (χ1n) is 9.54. The number of piperidine rings is 1. The Morgan fingerprint density at radius 2 is 1.76 bits per heavy atom. The zero-order valence-electron chi connectivity index (χ0n) is 15.5. The van der Waals surface area contributed by atoms with E-state index in [-0.39, 0.29) is 0 Å². The number of hydrogen-bond donors (Lipinski definition) is 0. The van der Waals surface area contributed by atoms with Crippen LogP contribution < -0.4 is 0 Å². The van der Waals surface area contributed by atoms with Crippen molar-refractivity contribution in [3.8, 4) is 0 Å². The molecule has 25 heavy (non-hydrogen) atoms. The summed E-state index contributed by atoms with van der Waals surface area (Å²) in [4.78, 5) is 5.27. The van der Waals surface area contributed by atoms with Gasteiger partial charge in [-0.1, -0.05) is 35.5 Å². The SMILES string of the molecule is Cc1noc(C)c1CN1CCCC2(CCN(Cc3ccccc3)C2)C1. The smallest absolute Gasteiger partial charge is 0.138 e. The first kappa shape index (κ1) is 16.8. The summed E-state index contributed by atoms with van der Waals surface area (Å²) < 4.78 is 5.35. The van der Waals surface area contributed by atoms with Crippen molar-refractivity contribution < 1.29 is 4.52 Å². The maximum absolute atomic E-state index is 5.35. The highest BCUT2D eigenvalue weighted by atomic mass is 16.5. The molecule has 0 amide bonds. The lowest BCUT2D eigenvalue weighted by Crippen LogP contribution is -2.44. The number of aromatic nitrogens is 1. The van der Waals surface area contributed by atoms with Crippen molar-refractivity contribution in [2.45, 2.75) is 46.2 Å². The quantitative estimate of drug-likeness (QED) is 0.849. The van der Waals surface area contributed by atoms with Crippen LogP contribution in [0.4, 0.5) is 0 Å². The number of nitrogens with zero attached hydrogens (tertiary/aromatic N) is 3. The van der Waals surface area contributed by atoms with Crippen LogP contribution in [0.5, 0.6) is 0 Å². The third kappa shape index (κ3) is 3.65. The summed E-state index contributed by atoms with van der Waals surface area (Å²) in [6.07, 6.45) is 4.01. The Kier molecular flexibility index (Phi) is 4.65. The van der Waals surface area contributed by atoms with Gasteiger partial charge in [0.2, 0.25) is 0 Å². The van der Waals surface area contributed by atoms with Gasteiger partial charge in [0, 0.05) is 31.7 Å². The third-order valence-electron chi connectivity index (χ3n) is 6.07. The van der Waals surface area contributed by atoms with Gasteiger partial charge in [0.05, 0.1) is 5.69 Å². The minimum absolute atomic E-state index is 0.478. The average Bonchev–Trinajstić information content (AvgIpc) is 3.14. The monoisotopic (exact) mass is 339 g/mol. The molecule has 1 aromatic heterocycles. The molecule has 0 aliphatic carbocycles. The first-order valence-corrected chi connectivity index (χ1v) is 9.54. The van der Waals surface area contributed by atoms with Gasteiger partial charge < -0.3 is 4.52 Å². The molecule has 1 spiro atoms. The van der Waals surface area contributed by atoms with Crippen LogP contribution in [0.25, 0.3) is 0 Å². The highest BCUT2D eigenvalue weighted by Crippen LogP contribution is 2.40. The molecular formula is C21H29N3O. The molecule has 0 N–H and O–H groups in total. The van der Waals surface area contributed by atoms with E-state index in [4.69, 9.17) is 4.52 Å². The van der Waals surface area contributed by atoms with Crippen molar-refractivity contribution in [3.05, 3.63) is 52.9 Å². The maximum Gasteiger partial charge on any atom is 0.138 e. The van der Waals surface area contributed by atoms with E-state index in [0.29, 0.717) is 5.41 Å². The Morgan fingerprint density at radius 3 is 2.48 bits per heavy atom. The second-order valence-electron chi connectivity index (χ2n) is 8.06. The molecule has 134 valence electrons. The molecule has 2 fully saturated rings. The Balaban J connectivity index is 1.39. The summed E-state index contributed by atoms with van der Waals surface area (Å²) >= 11 is 0. The molecule has 0 saturated carbocycles. The maximum atomic E-state index is 5.35. The molecule has 2 aliphatic heterocycles. The van der Waals surface area contributed by atoms with Crippen LogP contribution >= 0.6 is 0 Å². The third-order valence-corrected chi connectivity index (χ3v) is 6.07. The summed E-state index contributed by atoms with van der Waals surface area (Å²) in [7, 11) is 0. The fourth-order valence-electron chi connectivity index (χ4n) is 4.73. The summed E-state index contributed by atoms with van der Waals surface area (Å²) in [5, 5.41) is 4.12. The highest BCUT2D eigenvalue weighted by Gasteiger charge is 2.41. The van der Waals surface area contributed by atoms with Crippen LogP contribution in [0.2, 0.25) is 0 Å². The van der Waals surface area contributed by atoms with Gasteiger partial charge in [0.1, 0.15) is 5.76 Å². The number of aryl methyl sites for hydroxylation is 2. The van der Waals surface area contributed by atoms with E-state index in [0.717, 1.165) is 24.5 Å². The number of rotatable bonds is 4. The summed E-state index contributed by atoms with van der Waals surface area (Å²) in [6, 6.07) is 10.9. The highest BCUT2D eigenvalue weighted by molar-refractivity contribution is 5.21. The number of hydrogen-bond acceptors (Lipinski definition) is 4. The predicted molar refractivity (Wildman–Crippen MR) is 99.3 cm³/mol. The topological polar surface area (TPSA) is 32.5 Å². The average molecular weight is 339 g/mol. The van der Waals surface area contributed by atoms with Crippen molar-refractivity contribution in [1.82, 2.24) is 15.0 Å². The largest absolute Gasteiger partial charge is 0.361 e. The van der Waals surface area contributed by atoms with Crippen LogP contribution in [-0.4, -0.2) is 41.1 Å². The van der Waals surface area contributed by atoms with Crippen molar-refractivity contribution in [2.24, 2.45) is 5.41 Å². The molecule has 1 atom stereocenters. The van der Waals surface area contributed by atoms with Crippen molar-refractivity contribution in [2.75, 3.05) is 26.2 Å². The predicted octanol–water partition coefficient (Wildman–Crippen LogP) is 3.78. The van der Waals surface area contributed by atoms with Gasteiger partial charge in [-0.3, -0.25) is 9.80 Å². The van der Waals surface area contributed by atoms with E-state index in [1.54, 1.807) is 0 Å². The zero-order valence-corrected chi connectivity index (χ0v) is 15.5. The Hall–Kier alpha value is -1.65. The lowest BCUT2D eigenvalue weighted by molar-refractivity contribution is 0.0861. The van der Waals surface area contributed by atoms with Crippen molar-refractivity contribution >= 4 is 0 Å². The second kappa shape index (κ2) is 6.93. The van der Waals surface area contributed by atoms with E-state index in [2.05, 4.69) is 52.2 Å². The molecule has 0 radical (unpaired) electrons. The molecule has 4 heteroatoms. The zero-order chi connectivity index (χ0) is 17.3. The van der Waals surface area contributed by atoms with Crippen LogP contribution in [0.15, 0.2) is 34.9 Å². The minimum Gasteiger partial charge on any atom is -0.361 e. The standard InChI is InChI=1S/C21H29N3O/c1-17-20(18(2)25-22-17)14-23-11-6-9-21(15-23)10-12-24(16-21)13-19-7-4-3-5-8-19/h3-5,7-8H,6,9-16H2,1-2H3. The molecule has 1 unspecified atom stereocenters. The van der Waals surface area contributed by atoms with E-state index in [9.17, 15) is 0 Å². The molecular weight excluding hydrogens is 310 g/mol. The first-order chi connectivity index (χ1) is 12.1. The molecule has 3 heterocycles. The van der Waals surface area contributed by atoms with Gasteiger partial charge in [0.15, 0.2) is 0 Å². The lowest BCUT2D eigenvalue weighted by atomic mass is 9.79. The van der Waals surface area contributed by atoms with Gasteiger partial charge in [-0.25, -0.2) is 0 Å². The van der Waals surface area contributed by atoms with Gasteiger partial charge in [-0.2, -0.15) is 0 Å². The Morgan fingerprint density at radius 1 is 1.00 bits per heavy atom. The van der Waals surface area contributed by atoms with Crippen molar-refractivity contribution in [3.63, 3.8) is 0 Å². The summed E-state index contributed by atoms with van der Waals surface area (Å²) in [6.45, 7) is 11.0. The molecule has 4 nitrogen and oxygen atoms in total. The Labute approximate surface area is 150 Å². The fourth-order valence-corrected chi connectivity index (χ4v) is 4.73. The minimum atomic E-state index is 0.478. The molecule has 1 aromatic carbocycles. The van der Waals surface area contributed by atoms with E-state index < -0.39 is 0 Å². The van der Waals surface area contributed by atoms with Gasteiger partial charge in [0.25, 0.3) is 0 Å². The normalized spacial score (nSPS) is 25.0. The number of benzene rings is 1. The van der Waals surface area contributed by atoms with Crippen LogP contribution in [0.3, 0.4) is 0 Å². The second-order valence-corrected chi connectivity index (χ2v) is 8.06. The van der Waals surface area contributed by atoms with Gasteiger partial charge in [-0.15, -0.1) is 0 Å². The summed E-state index contributed by atoms with van der Waals surface area (Å²) in [5.74, 6) is 0.981. The Bertz CT molecular complexity index is 692. The molecule has 2 aromatic rings. The lowest BCUT2D eigenvalue weighted by Gasteiger charge is -2.40. The fraction of sp³-hybridized carbons (Fsp3) is 0.571. The van der Waals surface area contributed by atoms with E-state index in [1.165, 1.54) is 56.6 Å². The molecule has 4 rings (SSSR count). The molecule has 2 saturated heterocycles. The van der Waals surface area contributed by atoms with E-state index in [1.807, 2.05) is 6.92 Å². The summed E-state index contributed by atoms with van der Waals surface area (Å²) in [5.41, 5.74) is 4.25. The van der Waals surface area contributed by atoms with Crippen LogP contribution in [-0.2, 0) is 13.1 Å². The molecule has 0 bridgehead atoms. The molecule has 2 aliphatic rings. The van der Waals surface area contributed by atoms with Gasteiger partial charge in [-0.05, 0) is 57.2 Å². The van der Waals surface area contributed by atoms with Crippen LogP contribution in [0, 0.1) is 19.3 Å². The van der Waals surface area contributed by atoms with Crippen molar-refractivity contribution in [1.29, 1.82) is 0 Å².